The van der Waals surface area contributed by atoms with E-state index in [0.717, 1.165) is 22.6 Å². The molecular formula is C17H27N3O2Si. The zero-order valence-electron chi connectivity index (χ0n) is 14.8. The van der Waals surface area contributed by atoms with E-state index in [0.29, 0.717) is 12.5 Å². The van der Waals surface area contributed by atoms with Gasteiger partial charge >= 0.3 is 0 Å². The van der Waals surface area contributed by atoms with Crippen LogP contribution in [0.25, 0.3) is 5.65 Å². The Morgan fingerprint density at radius 3 is 2.61 bits per heavy atom. The Labute approximate surface area is 138 Å². The van der Waals surface area contributed by atoms with Gasteiger partial charge in [-0.15, -0.1) is 0 Å². The number of aromatic nitrogens is 3. The molecule has 0 unspecified atom stereocenters. The van der Waals surface area contributed by atoms with Crippen LogP contribution in [0.4, 0.5) is 0 Å². The van der Waals surface area contributed by atoms with Gasteiger partial charge in [0.2, 0.25) is 0 Å². The summed E-state index contributed by atoms with van der Waals surface area (Å²) in [5.41, 5.74) is 3.53. The van der Waals surface area contributed by atoms with Crippen LogP contribution in [0.3, 0.4) is 0 Å². The van der Waals surface area contributed by atoms with E-state index in [-0.39, 0.29) is 11.6 Å². The summed E-state index contributed by atoms with van der Waals surface area (Å²) in [7, 11) is -1.80. The number of rotatable bonds is 5. The number of fused-ring (bicyclic) bond motifs is 1. The van der Waals surface area contributed by atoms with E-state index in [9.17, 15) is 5.11 Å². The van der Waals surface area contributed by atoms with E-state index >= 15 is 0 Å². The number of aliphatic hydroxyl groups excluding tert-OH is 1. The number of imidazole rings is 1. The Balaban J connectivity index is 1.85. The summed E-state index contributed by atoms with van der Waals surface area (Å²) in [4.78, 5) is 4.63. The van der Waals surface area contributed by atoms with E-state index < -0.39 is 8.32 Å². The Bertz CT molecular complexity index is 714. The van der Waals surface area contributed by atoms with Crippen LogP contribution >= 0.6 is 0 Å². The zero-order valence-corrected chi connectivity index (χ0v) is 15.8. The Hall–Kier alpha value is -1.24. The van der Waals surface area contributed by atoms with Crippen molar-refractivity contribution in [1.29, 1.82) is 0 Å². The van der Waals surface area contributed by atoms with Crippen LogP contribution in [0.2, 0.25) is 18.1 Å². The lowest BCUT2D eigenvalue weighted by molar-refractivity contribution is 0.272. The first-order valence-electron chi connectivity index (χ1n) is 8.34. The fourth-order valence-corrected chi connectivity index (χ4v) is 3.29. The molecule has 2 aromatic rings. The smallest absolute Gasteiger partial charge is 0.192 e. The predicted octanol–water partition coefficient (Wildman–Crippen LogP) is 3.62. The summed E-state index contributed by atoms with van der Waals surface area (Å²) in [5.74, 6) is 0.555. The summed E-state index contributed by atoms with van der Waals surface area (Å²) < 4.78 is 8.05. The standard InChI is InChI=1S/C17H27N3O2Si/c1-17(2,3)23(4,5)22-11-14-9-20-16(18-14)13(10-21)8-15(19-20)12-6-7-12/h8-9,12,21H,6-7,10-11H2,1-5H3. The highest BCUT2D eigenvalue weighted by atomic mass is 28.4. The molecular weight excluding hydrogens is 306 g/mol. The lowest BCUT2D eigenvalue weighted by atomic mass is 10.2. The quantitative estimate of drug-likeness (QED) is 0.849. The first kappa shape index (κ1) is 16.6. The molecule has 0 bridgehead atoms. The summed E-state index contributed by atoms with van der Waals surface area (Å²) in [6.45, 7) is 11.7. The number of hydrogen-bond acceptors (Lipinski definition) is 4. The average Bonchev–Trinajstić information content (AvgIpc) is 3.23. The highest BCUT2D eigenvalue weighted by Crippen LogP contribution is 2.39. The molecule has 2 heterocycles. The number of aliphatic hydroxyl groups is 1. The van der Waals surface area contributed by atoms with Crippen molar-refractivity contribution in [2.45, 2.75) is 70.9 Å². The van der Waals surface area contributed by atoms with Crippen LogP contribution in [-0.2, 0) is 17.6 Å². The van der Waals surface area contributed by atoms with Crippen molar-refractivity contribution in [2.24, 2.45) is 0 Å². The van der Waals surface area contributed by atoms with Crippen LogP contribution in [-0.4, -0.2) is 28.0 Å². The maximum Gasteiger partial charge on any atom is 0.192 e. The van der Waals surface area contributed by atoms with Crippen molar-refractivity contribution in [3.05, 3.63) is 29.2 Å². The minimum Gasteiger partial charge on any atom is -0.411 e. The maximum absolute atomic E-state index is 9.63. The van der Waals surface area contributed by atoms with Gasteiger partial charge in [-0.2, -0.15) is 5.10 Å². The van der Waals surface area contributed by atoms with Crippen LogP contribution in [0.1, 0.15) is 56.5 Å². The van der Waals surface area contributed by atoms with Gasteiger partial charge in [0.05, 0.1) is 30.8 Å². The van der Waals surface area contributed by atoms with Crippen molar-refractivity contribution in [3.8, 4) is 0 Å². The summed E-state index contributed by atoms with van der Waals surface area (Å²) >= 11 is 0. The molecule has 5 nitrogen and oxygen atoms in total. The Morgan fingerprint density at radius 2 is 2.04 bits per heavy atom. The summed E-state index contributed by atoms with van der Waals surface area (Å²) in [5, 5.41) is 14.5. The first-order chi connectivity index (χ1) is 10.7. The van der Waals surface area contributed by atoms with Crippen molar-refractivity contribution >= 4 is 14.0 Å². The second-order valence-electron chi connectivity index (χ2n) is 8.08. The molecule has 0 amide bonds. The molecule has 1 N–H and O–H groups in total. The molecule has 0 spiro atoms. The second-order valence-corrected chi connectivity index (χ2v) is 12.9. The molecule has 1 aliphatic carbocycles. The maximum atomic E-state index is 9.63. The molecule has 0 aliphatic heterocycles. The molecule has 2 aromatic heterocycles. The molecule has 1 saturated carbocycles. The minimum absolute atomic E-state index is 0.00865. The fraction of sp³-hybridized carbons (Fsp3) is 0.647. The lowest BCUT2D eigenvalue weighted by Crippen LogP contribution is -2.40. The van der Waals surface area contributed by atoms with Crippen LogP contribution in [0.15, 0.2) is 12.3 Å². The fourth-order valence-electron chi connectivity index (χ4n) is 2.35. The lowest BCUT2D eigenvalue weighted by Gasteiger charge is -2.35. The Kier molecular flexibility index (Phi) is 4.10. The van der Waals surface area contributed by atoms with Gasteiger partial charge in [0.15, 0.2) is 14.0 Å². The minimum atomic E-state index is -1.80. The van der Waals surface area contributed by atoms with Gasteiger partial charge in [-0.1, -0.05) is 20.8 Å². The van der Waals surface area contributed by atoms with E-state index in [1.54, 1.807) is 0 Å². The summed E-state index contributed by atoms with van der Waals surface area (Å²) in [6.07, 6.45) is 4.33. The molecule has 0 saturated heterocycles. The normalized spacial score (nSPS) is 16.3. The zero-order chi connectivity index (χ0) is 16.8. The highest BCUT2D eigenvalue weighted by Gasteiger charge is 2.37. The van der Waals surface area contributed by atoms with Gasteiger partial charge in [0.25, 0.3) is 0 Å². The number of nitrogens with zero attached hydrogens (tertiary/aromatic N) is 3. The van der Waals surface area contributed by atoms with Crippen LogP contribution in [0.5, 0.6) is 0 Å². The average molecular weight is 334 g/mol. The third-order valence-corrected chi connectivity index (χ3v) is 9.60. The third-order valence-electron chi connectivity index (χ3n) is 5.12. The van der Waals surface area contributed by atoms with E-state index in [2.05, 4.69) is 43.9 Å². The van der Waals surface area contributed by atoms with E-state index in [1.165, 1.54) is 12.8 Å². The molecule has 0 atom stereocenters. The van der Waals surface area contributed by atoms with Gasteiger partial charge in [-0.05, 0) is 37.0 Å². The molecule has 23 heavy (non-hydrogen) atoms. The van der Waals surface area contributed by atoms with Crippen molar-refractivity contribution in [2.75, 3.05) is 0 Å². The first-order valence-corrected chi connectivity index (χ1v) is 11.2. The topological polar surface area (TPSA) is 59.7 Å². The van der Waals surface area contributed by atoms with Crippen LogP contribution < -0.4 is 0 Å². The SMILES string of the molecule is CC(C)(C)[Si](C)(C)OCc1cn2nc(C3CC3)cc(CO)c2n1. The largest absolute Gasteiger partial charge is 0.411 e. The predicted molar refractivity (Wildman–Crippen MR) is 92.9 cm³/mol. The van der Waals surface area contributed by atoms with Gasteiger partial charge in [0.1, 0.15) is 0 Å². The summed E-state index contributed by atoms with van der Waals surface area (Å²) in [6, 6.07) is 2.00. The van der Waals surface area contributed by atoms with Crippen LogP contribution in [0, 0.1) is 0 Å². The monoisotopic (exact) mass is 333 g/mol. The molecule has 0 radical (unpaired) electrons. The molecule has 3 rings (SSSR count). The molecule has 6 heteroatoms. The van der Waals surface area contributed by atoms with Gasteiger partial charge in [-0.3, -0.25) is 0 Å². The van der Waals surface area contributed by atoms with Crippen molar-refractivity contribution in [1.82, 2.24) is 14.6 Å². The van der Waals surface area contributed by atoms with Gasteiger partial charge in [-0.25, -0.2) is 9.50 Å². The molecule has 126 valence electrons. The van der Waals surface area contributed by atoms with E-state index in [1.807, 2.05) is 16.8 Å². The third kappa shape index (κ3) is 3.34. The van der Waals surface area contributed by atoms with Crippen molar-refractivity contribution in [3.63, 3.8) is 0 Å². The van der Waals surface area contributed by atoms with Gasteiger partial charge in [0, 0.05) is 11.5 Å². The molecule has 1 aliphatic rings. The second kappa shape index (κ2) is 5.68. The number of hydrogen-bond donors (Lipinski definition) is 1. The molecule has 0 aromatic carbocycles. The van der Waals surface area contributed by atoms with Gasteiger partial charge < -0.3 is 9.53 Å². The van der Waals surface area contributed by atoms with Crippen molar-refractivity contribution < 1.29 is 9.53 Å². The Morgan fingerprint density at radius 1 is 1.35 bits per heavy atom. The molecule has 1 fully saturated rings. The van der Waals surface area contributed by atoms with E-state index in [4.69, 9.17) is 4.43 Å². The highest BCUT2D eigenvalue weighted by molar-refractivity contribution is 6.74.